The van der Waals surface area contributed by atoms with Gasteiger partial charge >= 0.3 is 0 Å². The Labute approximate surface area is 88.2 Å². The quantitative estimate of drug-likeness (QED) is 0.657. The van der Waals surface area contributed by atoms with Gasteiger partial charge in [-0.25, -0.2) is 0 Å². The van der Waals surface area contributed by atoms with Crippen LogP contribution in [0, 0.1) is 0 Å². The lowest BCUT2D eigenvalue weighted by atomic mass is 9.91. The van der Waals surface area contributed by atoms with Crippen molar-refractivity contribution in [2.45, 2.75) is 31.7 Å². The Morgan fingerprint density at radius 2 is 1.86 bits per heavy atom. The molecular weight excluding hydrogens is 174 g/mol. The summed E-state index contributed by atoms with van der Waals surface area (Å²) < 4.78 is 0. The lowest BCUT2D eigenvalue weighted by Gasteiger charge is -2.37. The monoisotopic (exact) mass is 199 g/mol. The largest absolute Gasteiger partial charge is 0.329 e. The van der Waals surface area contributed by atoms with Crippen LogP contribution in [0.25, 0.3) is 0 Å². The van der Waals surface area contributed by atoms with Crippen LogP contribution in [0.1, 0.15) is 25.7 Å². The van der Waals surface area contributed by atoms with Crippen LogP contribution in [-0.4, -0.2) is 56.1 Å². The Bertz CT molecular complexity index is 143. The van der Waals surface area contributed by atoms with Crippen molar-refractivity contribution < 1.29 is 0 Å². The highest BCUT2D eigenvalue weighted by atomic mass is 15.2. The molecule has 1 saturated carbocycles. The van der Waals surface area contributed by atoms with Crippen molar-refractivity contribution in [1.29, 1.82) is 0 Å². The fraction of sp³-hybridized carbons (Fsp3) is 1.00. The first-order valence-electron chi connectivity index (χ1n) is 5.83. The Kier molecular flexibility index (Phi) is 5.45. The molecule has 0 spiro atoms. The molecule has 0 bridgehead atoms. The van der Waals surface area contributed by atoms with Gasteiger partial charge in [0, 0.05) is 19.1 Å². The van der Waals surface area contributed by atoms with Gasteiger partial charge in [0.1, 0.15) is 0 Å². The first kappa shape index (κ1) is 12.0. The van der Waals surface area contributed by atoms with Gasteiger partial charge in [0.15, 0.2) is 0 Å². The van der Waals surface area contributed by atoms with Crippen molar-refractivity contribution in [3.05, 3.63) is 0 Å². The number of hydrogen-bond acceptors (Lipinski definition) is 3. The minimum absolute atomic E-state index is 0.804. The van der Waals surface area contributed by atoms with E-state index in [0.717, 1.165) is 19.1 Å². The minimum Gasteiger partial charge on any atom is -0.329 e. The molecule has 0 unspecified atom stereocenters. The van der Waals surface area contributed by atoms with Crippen LogP contribution in [0.15, 0.2) is 0 Å². The fourth-order valence-corrected chi connectivity index (χ4v) is 1.98. The van der Waals surface area contributed by atoms with E-state index in [1.165, 1.54) is 38.8 Å². The van der Waals surface area contributed by atoms with Crippen LogP contribution in [0.3, 0.4) is 0 Å². The predicted octanol–water partition coefficient (Wildman–Crippen LogP) is 0.751. The highest BCUT2D eigenvalue weighted by Crippen LogP contribution is 2.24. The van der Waals surface area contributed by atoms with Crippen LogP contribution in [0.2, 0.25) is 0 Å². The van der Waals surface area contributed by atoms with Crippen LogP contribution < -0.4 is 5.73 Å². The van der Waals surface area contributed by atoms with Crippen molar-refractivity contribution in [3.8, 4) is 0 Å². The summed E-state index contributed by atoms with van der Waals surface area (Å²) in [4.78, 5) is 4.83. The normalized spacial score (nSPS) is 17.8. The molecule has 0 heterocycles. The molecule has 3 heteroatoms. The minimum atomic E-state index is 0.804. The number of hydrogen-bond donors (Lipinski definition) is 1. The second kappa shape index (κ2) is 6.38. The topological polar surface area (TPSA) is 32.5 Å². The highest BCUT2D eigenvalue weighted by molar-refractivity contribution is 4.80. The van der Waals surface area contributed by atoms with Crippen molar-refractivity contribution in [2.24, 2.45) is 5.73 Å². The SMILES string of the molecule is CN(C)CCCN(CCN)C1CCC1. The summed E-state index contributed by atoms with van der Waals surface area (Å²) in [5.41, 5.74) is 5.63. The van der Waals surface area contributed by atoms with Gasteiger partial charge in [-0.2, -0.15) is 0 Å². The number of rotatable bonds is 7. The van der Waals surface area contributed by atoms with Crippen LogP contribution >= 0.6 is 0 Å². The van der Waals surface area contributed by atoms with Crippen molar-refractivity contribution in [1.82, 2.24) is 9.80 Å². The summed E-state index contributed by atoms with van der Waals surface area (Å²) in [5.74, 6) is 0. The smallest absolute Gasteiger partial charge is 0.0108 e. The number of nitrogens with zero attached hydrogens (tertiary/aromatic N) is 2. The molecule has 14 heavy (non-hydrogen) atoms. The van der Waals surface area contributed by atoms with E-state index >= 15 is 0 Å². The predicted molar refractivity (Wildman–Crippen MR) is 61.4 cm³/mol. The summed E-state index contributed by atoms with van der Waals surface area (Å²) >= 11 is 0. The summed E-state index contributed by atoms with van der Waals surface area (Å²) in [5, 5.41) is 0. The van der Waals surface area contributed by atoms with Crippen LogP contribution in [-0.2, 0) is 0 Å². The van der Waals surface area contributed by atoms with E-state index in [9.17, 15) is 0 Å². The lowest BCUT2D eigenvalue weighted by Crippen LogP contribution is -2.43. The molecule has 0 radical (unpaired) electrons. The lowest BCUT2D eigenvalue weighted by molar-refractivity contribution is 0.126. The maximum Gasteiger partial charge on any atom is 0.0108 e. The molecule has 0 atom stereocenters. The van der Waals surface area contributed by atoms with Gasteiger partial charge in [0.05, 0.1) is 0 Å². The third kappa shape index (κ3) is 3.95. The Morgan fingerprint density at radius 1 is 1.14 bits per heavy atom. The third-order valence-corrected chi connectivity index (χ3v) is 3.06. The first-order chi connectivity index (χ1) is 6.74. The van der Waals surface area contributed by atoms with Gasteiger partial charge < -0.3 is 10.6 Å². The van der Waals surface area contributed by atoms with Gasteiger partial charge in [-0.3, -0.25) is 4.90 Å². The van der Waals surface area contributed by atoms with E-state index in [4.69, 9.17) is 5.73 Å². The van der Waals surface area contributed by atoms with E-state index in [0.29, 0.717) is 0 Å². The van der Waals surface area contributed by atoms with Crippen molar-refractivity contribution in [3.63, 3.8) is 0 Å². The fourth-order valence-electron chi connectivity index (χ4n) is 1.98. The molecule has 1 rings (SSSR count). The molecule has 0 aromatic heterocycles. The third-order valence-electron chi connectivity index (χ3n) is 3.06. The maximum absolute atomic E-state index is 5.63. The molecule has 0 aliphatic heterocycles. The van der Waals surface area contributed by atoms with E-state index in [2.05, 4.69) is 23.9 Å². The Balaban J connectivity index is 2.14. The van der Waals surface area contributed by atoms with Gasteiger partial charge in [-0.15, -0.1) is 0 Å². The van der Waals surface area contributed by atoms with Crippen molar-refractivity contribution >= 4 is 0 Å². The molecule has 0 saturated heterocycles. The van der Waals surface area contributed by atoms with E-state index in [-0.39, 0.29) is 0 Å². The second-order valence-electron chi connectivity index (χ2n) is 4.57. The zero-order valence-corrected chi connectivity index (χ0v) is 9.71. The van der Waals surface area contributed by atoms with E-state index in [1.54, 1.807) is 0 Å². The van der Waals surface area contributed by atoms with Gasteiger partial charge in [0.2, 0.25) is 0 Å². The Hall–Kier alpha value is -0.120. The van der Waals surface area contributed by atoms with E-state index in [1.807, 2.05) is 0 Å². The van der Waals surface area contributed by atoms with Gasteiger partial charge in [0.25, 0.3) is 0 Å². The molecule has 1 aliphatic rings. The van der Waals surface area contributed by atoms with Crippen LogP contribution in [0.4, 0.5) is 0 Å². The molecule has 2 N–H and O–H groups in total. The van der Waals surface area contributed by atoms with Gasteiger partial charge in [-0.05, 0) is 46.4 Å². The molecular formula is C11H25N3. The second-order valence-corrected chi connectivity index (χ2v) is 4.57. The molecule has 0 amide bonds. The average molecular weight is 199 g/mol. The Morgan fingerprint density at radius 3 is 2.29 bits per heavy atom. The molecule has 0 aromatic carbocycles. The average Bonchev–Trinajstić information content (AvgIpc) is 2.00. The zero-order valence-electron chi connectivity index (χ0n) is 9.71. The molecule has 84 valence electrons. The zero-order chi connectivity index (χ0) is 10.4. The first-order valence-corrected chi connectivity index (χ1v) is 5.83. The van der Waals surface area contributed by atoms with Gasteiger partial charge in [-0.1, -0.05) is 6.42 Å². The van der Waals surface area contributed by atoms with Crippen LogP contribution in [0.5, 0.6) is 0 Å². The molecule has 0 aromatic rings. The summed E-state index contributed by atoms with van der Waals surface area (Å²) in [6, 6.07) is 0.848. The van der Waals surface area contributed by atoms with E-state index < -0.39 is 0 Å². The molecule has 1 aliphatic carbocycles. The maximum atomic E-state index is 5.63. The summed E-state index contributed by atoms with van der Waals surface area (Å²) in [7, 11) is 4.27. The summed E-state index contributed by atoms with van der Waals surface area (Å²) in [6.07, 6.45) is 5.47. The summed E-state index contributed by atoms with van der Waals surface area (Å²) in [6.45, 7) is 4.30. The molecule has 3 nitrogen and oxygen atoms in total. The van der Waals surface area contributed by atoms with Crippen molar-refractivity contribution in [2.75, 3.05) is 40.3 Å². The number of nitrogens with two attached hydrogens (primary N) is 1. The molecule has 1 fully saturated rings. The standard InChI is InChI=1S/C11H25N3/c1-13(2)8-4-9-14(10-7-12)11-5-3-6-11/h11H,3-10,12H2,1-2H3. The highest BCUT2D eigenvalue weighted by Gasteiger charge is 2.23.